The van der Waals surface area contributed by atoms with Crippen molar-refractivity contribution in [1.29, 1.82) is 0 Å². The molecule has 106 valence electrons. The first kappa shape index (κ1) is 14.2. The number of hydrogen-bond donors (Lipinski definition) is 1. The van der Waals surface area contributed by atoms with E-state index in [1.165, 1.54) is 4.31 Å². The van der Waals surface area contributed by atoms with Crippen molar-refractivity contribution in [2.75, 3.05) is 26.7 Å². The summed E-state index contributed by atoms with van der Waals surface area (Å²) < 4.78 is 27.7. The molecule has 6 heteroatoms. The van der Waals surface area contributed by atoms with E-state index in [9.17, 15) is 13.5 Å². The van der Waals surface area contributed by atoms with E-state index in [0.717, 1.165) is 25.7 Å². The van der Waals surface area contributed by atoms with Gasteiger partial charge in [-0.05, 0) is 25.2 Å². The van der Waals surface area contributed by atoms with E-state index < -0.39 is 10.2 Å². The number of fused-ring (bicyclic) bond motifs is 1. The summed E-state index contributed by atoms with van der Waals surface area (Å²) in [4.78, 5) is 0. The number of aliphatic hydroxyl groups is 1. The summed E-state index contributed by atoms with van der Waals surface area (Å²) in [5.41, 5.74) is 0. The lowest BCUT2D eigenvalue weighted by Crippen LogP contribution is -2.41. The molecule has 5 nitrogen and oxygen atoms in total. The van der Waals surface area contributed by atoms with E-state index in [1.54, 1.807) is 11.4 Å². The van der Waals surface area contributed by atoms with Crippen LogP contribution in [0.3, 0.4) is 0 Å². The molecular formula is C12H24N2O3S. The fourth-order valence-electron chi connectivity index (χ4n) is 3.08. The lowest BCUT2D eigenvalue weighted by Gasteiger charge is -2.24. The topological polar surface area (TPSA) is 60.9 Å². The van der Waals surface area contributed by atoms with Gasteiger partial charge < -0.3 is 5.11 Å². The van der Waals surface area contributed by atoms with Crippen molar-refractivity contribution in [3.8, 4) is 0 Å². The molecule has 18 heavy (non-hydrogen) atoms. The number of hydrogen-bond acceptors (Lipinski definition) is 3. The fraction of sp³-hybridized carbons (Fsp3) is 1.00. The third-order valence-corrected chi connectivity index (χ3v) is 6.25. The predicted octanol–water partition coefficient (Wildman–Crippen LogP) is 0.666. The zero-order valence-electron chi connectivity index (χ0n) is 11.2. The van der Waals surface area contributed by atoms with Gasteiger partial charge in [-0.2, -0.15) is 17.0 Å². The first-order valence-electron chi connectivity index (χ1n) is 6.86. The maximum Gasteiger partial charge on any atom is 0.281 e. The van der Waals surface area contributed by atoms with Crippen molar-refractivity contribution in [3.05, 3.63) is 0 Å². The first-order chi connectivity index (χ1) is 8.46. The smallest absolute Gasteiger partial charge is 0.281 e. The van der Waals surface area contributed by atoms with Crippen molar-refractivity contribution in [3.63, 3.8) is 0 Å². The molecule has 0 spiro atoms. The Bertz CT molecular complexity index is 385. The molecule has 3 unspecified atom stereocenters. The van der Waals surface area contributed by atoms with E-state index in [4.69, 9.17) is 0 Å². The molecule has 1 aliphatic carbocycles. The van der Waals surface area contributed by atoms with Crippen LogP contribution in [-0.2, 0) is 10.2 Å². The van der Waals surface area contributed by atoms with Gasteiger partial charge in [-0.1, -0.05) is 13.3 Å². The third-order valence-electron chi connectivity index (χ3n) is 4.33. The average Bonchev–Trinajstić information content (AvgIpc) is 2.89. The van der Waals surface area contributed by atoms with Gasteiger partial charge in [0.05, 0.1) is 6.10 Å². The van der Waals surface area contributed by atoms with E-state index in [0.29, 0.717) is 25.6 Å². The SMILES string of the molecule is CCCCN(C)S(=O)(=O)N1CC2CCC(O)C2C1. The summed E-state index contributed by atoms with van der Waals surface area (Å²) in [6.07, 6.45) is 3.35. The van der Waals surface area contributed by atoms with Crippen LogP contribution in [0.4, 0.5) is 0 Å². The minimum atomic E-state index is -3.32. The standard InChI is InChI=1S/C12H24N2O3S/c1-3-4-7-13(2)18(16,17)14-8-10-5-6-12(15)11(10)9-14/h10-12,15H,3-9H2,1-2H3. The Morgan fingerprint density at radius 1 is 1.33 bits per heavy atom. The molecule has 1 saturated heterocycles. The van der Waals surface area contributed by atoms with Gasteiger partial charge in [-0.3, -0.25) is 0 Å². The van der Waals surface area contributed by atoms with E-state index in [-0.39, 0.29) is 12.0 Å². The van der Waals surface area contributed by atoms with Crippen LogP contribution in [0.25, 0.3) is 0 Å². The minimum Gasteiger partial charge on any atom is -0.393 e. The predicted molar refractivity (Wildman–Crippen MR) is 70.3 cm³/mol. The van der Waals surface area contributed by atoms with Gasteiger partial charge >= 0.3 is 0 Å². The Kier molecular flexibility index (Phi) is 4.31. The highest BCUT2D eigenvalue weighted by atomic mass is 32.2. The monoisotopic (exact) mass is 276 g/mol. The maximum atomic E-state index is 12.3. The normalized spacial score (nSPS) is 33.2. The van der Waals surface area contributed by atoms with Crippen molar-refractivity contribution >= 4 is 10.2 Å². The lowest BCUT2D eigenvalue weighted by atomic mass is 10.00. The summed E-state index contributed by atoms with van der Waals surface area (Å²) in [7, 11) is -1.67. The van der Waals surface area contributed by atoms with Crippen LogP contribution >= 0.6 is 0 Å². The molecule has 1 N–H and O–H groups in total. The van der Waals surface area contributed by atoms with Gasteiger partial charge in [0, 0.05) is 32.6 Å². The Hall–Kier alpha value is -0.170. The maximum absolute atomic E-state index is 12.3. The van der Waals surface area contributed by atoms with Crippen LogP contribution in [0.5, 0.6) is 0 Å². The van der Waals surface area contributed by atoms with Gasteiger partial charge in [0.1, 0.15) is 0 Å². The molecular weight excluding hydrogens is 252 g/mol. The van der Waals surface area contributed by atoms with Crippen LogP contribution in [0.2, 0.25) is 0 Å². The molecule has 0 aromatic carbocycles. The Balaban J connectivity index is 2.00. The zero-order valence-corrected chi connectivity index (χ0v) is 12.1. The Morgan fingerprint density at radius 3 is 2.67 bits per heavy atom. The Morgan fingerprint density at radius 2 is 2.06 bits per heavy atom. The number of rotatable bonds is 5. The highest BCUT2D eigenvalue weighted by Gasteiger charge is 2.46. The van der Waals surface area contributed by atoms with Crippen LogP contribution in [0, 0.1) is 11.8 Å². The summed E-state index contributed by atoms with van der Waals surface area (Å²) in [6.45, 7) is 3.70. The molecule has 2 fully saturated rings. The van der Waals surface area contributed by atoms with Gasteiger partial charge in [0.15, 0.2) is 0 Å². The van der Waals surface area contributed by atoms with Crippen LogP contribution in [-0.4, -0.2) is 54.9 Å². The number of nitrogens with zero attached hydrogens (tertiary/aromatic N) is 2. The first-order valence-corrected chi connectivity index (χ1v) is 8.26. The van der Waals surface area contributed by atoms with Crippen molar-refractivity contribution in [2.24, 2.45) is 11.8 Å². The molecule has 0 aromatic heterocycles. The van der Waals surface area contributed by atoms with Gasteiger partial charge in [0.2, 0.25) is 0 Å². The molecule has 1 aliphatic heterocycles. The van der Waals surface area contributed by atoms with E-state index >= 15 is 0 Å². The van der Waals surface area contributed by atoms with Gasteiger partial charge in [-0.15, -0.1) is 0 Å². The summed E-state index contributed by atoms with van der Waals surface area (Å²) in [5.74, 6) is 0.508. The Labute approximate surface area is 110 Å². The molecule has 2 aliphatic rings. The molecule has 3 atom stereocenters. The van der Waals surface area contributed by atoms with Gasteiger partial charge in [-0.25, -0.2) is 0 Å². The second kappa shape index (κ2) is 5.45. The van der Waals surface area contributed by atoms with Crippen LogP contribution < -0.4 is 0 Å². The summed E-state index contributed by atoms with van der Waals surface area (Å²) in [5, 5.41) is 9.83. The molecule has 2 rings (SSSR count). The van der Waals surface area contributed by atoms with Gasteiger partial charge in [0.25, 0.3) is 10.2 Å². The molecule has 0 bridgehead atoms. The second-order valence-corrected chi connectivity index (χ2v) is 7.60. The van der Waals surface area contributed by atoms with Crippen LogP contribution in [0.15, 0.2) is 0 Å². The summed E-state index contributed by atoms with van der Waals surface area (Å²) in [6, 6.07) is 0. The second-order valence-electron chi connectivity index (χ2n) is 5.57. The summed E-state index contributed by atoms with van der Waals surface area (Å²) >= 11 is 0. The molecule has 0 amide bonds. The zero-order chi connectivity index (χ0) is 13.3. The fourth-order valence-corrected chi connectivity index (χ4v) is 4.57. The van der Waals surface area contributed by atoms with Crippen molar-refractivity contribution < 1.29 is 13.5 Å². The lowest BCUT2D eigenvalue weighted by molar-refractivity contribution is 0.129. The number of unbranched alkanes of at least 4 members (excludes halogenated alkanes) is 1. The third kappa shape index (κ3) is 2.57. The van der Waals surface area contributed by atoms with Crippen molar-refractivity contribution in [1.82, 2.24) is 8.61 Å². The molecule has 0 radical (unpaired) electrons. The average molecular weight is 276 g/mol. The molecule has 0 aromatic rings. The van der Waals surface area contributed by atoms with E-state index in [2.05, 4.69) is 6.92 Å². The van der Waals surface area contributed by atoms with E-state index in [1.807, 2.05) is 0 Å². The quantitative estimate of drug-likeness (QED) is 0.802. The molecule has 1 saturated carbocycles. The minimum absolute atomic E-state index is 0.152. The largest absolute Gasteiger partial charge is 0.393 e. The highest BCUT2D eigenvalue weighted by Crippen LogP contribution is 2.39. The molecule has 1 heterocycles. The number of aliphatic hydroxyl groups excluding tert-OH is 1. The van der Waals surface area contributed by atoms with Crippen LogP contribution in [0.1, 0.15) is 32.6 Å². The van der Waals surface area contributed by atoms with Crippen molar-refractivity contribution in [2.45, 2.75) is 38.7 Å². The highest BCUT2D eigenvalue weighted by molar-refractivity contribution is 7.86.